The van der Waals surface area contributed by atoms with Crippen LogP contribution in [0.25, 0.3) is 0 Å². The number of aromatic nitrogens is 2. The van der Waals surface area contributed by atoms with Gasteiger partial charge >= 0.3 is 0 Å². The number of ether oxygens (including phenoxy) is 1. The third-order valence-electron chi connectivity index (χ3n) is 3.32. The highest BCUT2D eigenvalue weighted by molar-refractivity contribution is 5.77. The Bertz CT molecular complexity index is 512. The summed E-state index contributed by atoms with van der Waals surface area (Å²) in [5.41, 5.74) is 0.571. The maximum absolute atomic E-state index is 11.8. The fourth-order valence-electron chi connectivity index (χ4n) is 2.44. The number of nitrogens with zero attached hydrogens (tertiary/aromatic N) is 2. The number of amides is 1. The molecular formula is C13H19N3O3. The van der Waals surface area contributed by atoms with Crippen molar-refractivity contribution in [1.82, 2.24) is 14.9 Å². The van der Waals surface area contributed by atoms with Crippen molar-refractivity contribution in [2.75, 3.05) is 26.8 Å². The number of H-pyrrole nitrogens is 1. The fourth-order valence-corrected chi connectivity index (χ4v) is 2.44. The molecule has 1 fully saturated rings. The van der Waals surface area contributed by atoms with Crippen LogP contribution in [0.5, 0.6) is 0 Å². The van der Waals surface area contributed by atoms with E-state index in [4.69, 9.17) is 4.74 Å². The van der Waals surface area contributed by atoms with Crippen molar-refractivity contribution in [3.63, 3.8) is 0 Å². The number of hydrogen-bond acceptors (Lipinski definition) is 4. The van der Waals surface area contributed by atoms with Crippen molar-refractivity contribution in [3.8, 4) is 0 Å². The summed E-state index contributed by atoms with van der Waals surface area (Å²) in [5.74, 6) is 0.768. The topological polar surface area (TPSA) is 75.3 Å². The second kappa shape index (κ2) is 5.97. The molecule has 0 aromatic carbocycles. The van der Waals surface area contributed by atoms with Gasteiger partial charge in [0.2, 0.25) is 5.91 Å². The molecular weight excluding hydrogens is 246 g/mol. The van der Waals surface area contributed by atoms with Gasteiger partial charge in [0.1, 0.15) is 12.4 Å². The molecule has 1 aliphatic heterocycles. The molecule has 104 valence electrons. The van der Waals surface area contributed by atoms with Crippen LogP contribution in [0, 0.1) is 6.92 Å². The van der Waals surface area contributed by atoms with Crippen LogP contribution in [0.15, 0.2) is 10.9 Å². The molecule has 1 amide bonds. The van der Waals surface area contributed by atoms with Crippen LogP contribution in [0.4, 0.5) is 0 Å². The van der Waals surface area contributed by atoms with Gasteiger partial charge in [0, 0.05) is 37.9 Å². The minimum atomic E-state index is -0.136. The van der Waals surface area contributed by atoms with Crippen LogP contribution in [0.2, 0.25) is 0 Å². The predicted molar refractivity (Wildman–Crippen MR) is 70.0 cm³/mol. The van der Waals surface area contributed by atoms with Gasteiger partial charge in [-0.25, -0.2) is 4.98 Å². The number of likely N-dealkylation sites (tertiary alicyclic amines) is 1. The number of rotatable bonds is 3. The van der Waals surface area contributed by atoms with E-state index in [2.05, 4.69) is 9.97 Å². The van der Waals surface area contributed by atoms with Crippen molar-refractivity contribution in [2.24, 2.45) is 0 Å². The molecule has 1 aromatic rings. The lowest BCUT2D eigenvalue weighted by atomic mass is 9.97. The monoisotopic (exact) mass is 265 g/mol. The Morgan fingerprint density at radius 1 is 1.63 bits per heavy atom. The molecule has 19 heavy (non-hydrogen) atoms. The van der Waals surface area contributed by atoms with E-state index in [1.165, 1.54) is 13.2 Å². The summed E-state index contributed by atoms with van der Waals surface area (Å²) in [7, 11) is 1.51. The SMILES string of the molecule is COCC(=O)N1CCCC(c2nc(C)cc(=O)[nH]2)C1. The summed E-state index contributed by atoms with van der Waals surface area (Å²) in [5, 5.41) is 0. The van der Waals surface area contributed by atoms with E-state index in [0.29, 0.717) is 18.1 Å². The maximum Gasteiger partial charge on any atom is 0.251 e. The molecule has 1 unspecified atom stereocenters. The molecule has 2 heterocycles. The van der Waals surface area contributed by atoms with E-state index in [-0.39, 0.29) is 24.0 Å². The Morgan fingerprint density at radius 3 is 3.11 bits per heavy atom. The van der Waals surface area contributed by atoms with Gasteiger partial charge in [0.05, 0.1) is 0 Å². The average Bonchev–Trinajstić information content (AvgIpc) is 2.38. The molecule has 0 radical (unpaired) electrons. The van der Waals surface area contributed by atoms with Gasteiger partial charge in [0.15, 0.2) is 0 Å². The Kier molecular flexibility index (Phi) is 4.31. The molecule has 6 heteroatoms. The van der Waals surface area contributed by atoms with Gasteiger partial charge in [-0.15, -0.1) is 0 Å². The second-order valence-electron chi connectivity index (χ2n) is 4.88. The first kappa shape index (κ1) is 13.7. The first-order valence-corrected chi connectivity index (χ1v) is 6.44. The first-order valence-electron chi connectivity index (χ1n) is 6.44. The lowest BCUT2D eigenvalue weighted by Gasteiger charge is -2.32. The number of nitrogens with one attached hydrogen (secondary N) is 1. The Labute approximate surface area is 111 Å². The van der Waals surface area contributed by atoms with Gasteiger partial charge in [-0.2, -0.15) is 0 Å². The Morgan fingerprint density at radius 2 is 2.42 bits per heavy atom. The zero-order valence-corrected chi connectivity index (χ0v) is 11.3. The number of carbonyl (C=O) groups is 1. The molecule has 1 saturated heterocycles. The van der Waals surface area contributed by atoms with Crippen LogP contribution in [-0.4, -0.2) is 47.6 Å². The van der Waals surface area contributed by atoms with Gasteiger partial charge < -0.3 is 14.6 Å². The molecule has 1 atom stereocenters. The van der Waals surface area contributed by atoms with Crippen molar-refractivity contribution in [3.05, 3.63) is 27.9 Å². The zero-order chi connectivity index (χ0) is 13.8. The summed E-state index contributed by atoms with van der Waals surface area (Å²) in [4.78, 5) is 32.2. The van der Waals surface area contributed by atoms with Crippen LogP contribution >= 0.6 is 0 Å². The molecule has 0 bridgehead atoms. The van der Waals surface area contributed by atoms with Gasteiger partial charge in [-0.3, -0.25) is 9.59 Å². The number of piperidine rings is 1. The fraction of sp³-hybridized carbons (Fsp3) is 0.615. The molecule has 2 rings (SSSR count). The largest absolute Gasteiger partial charge is 0.375 e. The quantitative estimate of drug-likeness (QED) is 0.860. The molecule has 1 N–H and O–H groups in total. The Balaban J connectivity index is 2.12. The minimum Gasteiger partial charge on any atom is -0.375 e. The number of carbonyl (C=O) groups excluding carboxylic acids is 1. The molecule has 0 saturated carbocycles. The molecule has 6 nitrogen and oxygen atoms in total. The van der Waals surface area contributed by atoms with Gasteiger partial charge in [0.25, 0.3) is 5.56 Å². The van der Waals surface area contributed by atoms with Crippen LogP contribution in [0.3, 0.4) is 0 Å². The van der Waals surface area contributed by atoms with E-state index in [1.54, 1.807) is 11.8 Å². The number of methoxy groups -OCH3 is 1. The normalized spacial score (nSPS) is 19.5. The number of aromatic amines is 1. The van der Waals surface area contributed by atoms with E-state index >= 15 is 0 Å². The lowest BCUT2D eigenvalue weighted by Crippen LogP contribution is -2.41. The summed E-state index contributed by atoms with van der Waals surface area (Å²) in [6.07, 6.45) is 1.85. The second-order valence-corrected chi connectivity index (χ2v) is 4.88. The average molecular weight is 265 g/mol. The van der Waals surface area contributed by atoms with E-state index in [9.17, 15) is 9.59 Å². The predicted octanol–water partition coefficient (Wildman–Crippen LogP) is 0.431. The highest BCUT2D eigenvalue weighted by atomic mass is 16.5. The number of aryl methyl sites for hydroxylation is 1. The van der Waals surface area contributed by atoms with Gasteiger partial charge in [-0.05, 0) is 19.8 Å². The summed E-state index contributed by atoms with van der Waals surface area (Å²) in [6, 6.07) is 1.47. The zero-order valence-electron chi connectivity index (χ0n) is 11.3. The van der Waals surface area contributed by atoms with Gasteiger partial charge in [-0.1, -0.05) is 0 Å². The summed E-state index contributed by atoms with van der Waals surface area (Å²) in [6.45, 7) is 3.24. The molecule has 0 aliphatic carbocycles. The van der Waals surface area contributed by atoms with Crippen molar-refractivity contribution in [1.29, 1.82) is 0 Å². The van der Waals surface area contributed by atoms with Crippen LogP contribution in [-0.2, 0) is 9.53 Å². The van der Waals surface area contributed by atoms with E-state index in [0.717, 1.165) is 19.4 Å². The molecule has 0 spiro atoms. The van der Waals surface area contributed by atoms with Crippen LogP contribution < -0.4 is 5.56 Å². The van der Waals surface area contributed by atoms with Crippen molar-refractivity contribution < 1.29 is 9.53 Å². The van der Waals surface area contributed by atoms with Crippen molar-refractivity contribution in [2.45, 2.75) is 25.7 Å². The highest BCUT2D eigenvalue weighted by Gasteiger charge is 2.26. The summed E-state index contributed by atoms with van der Waals surface area (Å²) >= 11 is 0. The smallest absolute Gasteiger partial charge is 0.251 e. The van der Waals surface area contributed by atoms with E-state index in [1.807, 2.05) is 0 Å². The number of hydrogen-bond donors (Lipinski definition) is 1. The maximum atomic E-state index is 11.8. The van der Waals surface area contributed by atoms with E-state index < -0.39 is 0 Å². The lowest BCUT2D eigenvalue weighted by molar-refractivity contribution is -0.136. The minimum absolute atomic E-state index is 0.0119. The standard InChI is InChI=1S/C13H19N3O3/c1-9-6-11(17)15-13(14-9)10-4-3-5-16(7-10)12(18)8-19-2/h6,10H,3-5,7-8H2,1-2H3,(H,14,15,17). The first-order chi connectivity index (χ1) is 9.10. The summed E-state index contributed by atoms with van der Waals surface area (Å²) < 4.78 is 4.87. The molecule has 1 aliphatic rings. The molecule has 1 aromatic heterocycles. The third-order valence-corrected chi connectivity index (χ3v) is 3.32. The van der Waals surface area contributed by atoms with Crippen molar-refractivity contribution >= 4 is 5.91 Å². The third kappa shape index (κ3) is 3.41. The highest BCUT2D eigenvalue weighted by Crippen LogP contribution is 2.23. The Hall–Kier alpha value is -1.69. The van der Waals surface area contributed by atoms with Crippen LogP contribution in [0.1, 0.15) is 30.3 Å².